The molecule has 1 atom stereocenters. The zero-order valence-corrected chi connectivity index (χ0v) is 15.1. The number of Topliss-reactive ketones (excluding diaryl/α,β-unsaturated/α-hetero) is 1. The van der Waals surface area contributed by atoms with Gasteiger partial charge >= 0.3 is 0 Å². The fourth-order valence-corrected chi connectivity index (χ4v) is 3.85. The highest BCUT2D eigenvalue weighted by atomic mass is 16.6. The summed E-state index contributed by atoms with van der Waals surface area (Å²) in [6.07, 6.45) is 0.849. The Balaban J connectivity index is 1.67. The molecule has 6 heteroatoms. The number of morpholine rings is 1. The number of hydrogen-bond donors (Lipinski definition) is 1. The average Bonchev–Trinajstić information content (AvgIpc) is 2.92. The summed E-state index contributed by atoms with van der Waals surface area (Å²) in [4.78, 5) is 26.3. The third kappa shape index (κ3) is 4.26. The molecule has 2 aliphatic heterocycles. The first-order chi connectivity index (χ1) is 11.8. The lowest BCUT2D eigenvalue weighted by molar-refractivity contribution is -0.195. The van der Waals surface area contributed by atoms with Gasteiger partial charge in [0.05, 0.1) is 24.4 Å². The van der Waals surface area contributed by atoms with Crippen molar-refractivity contribution in [1.82, 2.24) is 4.90 Å². The molecule has 2 fully saturated rings. The maximum absolute atomic E-state index is 12.5. The summed E-state index contributed by atoms with van der Waals surface area (Å²) in [7, 11) is 0. The normalized spacial score (nSPS) is 25.9. The number of nitrogens with one attached hydrogen (secondary N) is 1. The van der Waals surface area contributed by atoms with Gasteiger partial charge in [-0.3, -0.25) is 14.5 Å². The first kappa shape index (κ1) is 18.0. The van der Waals surface area contributed by atoms with E-state index >= 15 is 0 Å². The van der Waals surface area contributed by atoms with Crippen LogP contribution in [-0.2, 0) is 14.3 Å². The number of carbonyl (C=O) groups excluding carboxylic acids is 2. The summed E-state index contributed by atoms with van der Waals surface area (Å²) in [5.74, 6) is -0.189. The van der Waals surface area contributed by atoms with Gasteiger partial charge in [-0.25, -0.2) is 0 Å². The zero-order valence-electron chi connectivity index (χ0n) is 15.1. The second kappa shape index (κ2) is 6.86. The Bertz CT molecular complexity index is 665. The molecule has 0 aliphatic carbocycles. The minimum absolute atomic E-state index is 0.0644. The molecule has 1 aromatic carbocycles. The van der Waals surface area contributed by atoms with Gasteiger partial charge in [0, 0.05) is 31.7 Å². The van der Waals surface area contributed by atoms with Crippen LogP contribution in [0.3, 0.4) is 0 Å². The SMILES string of the molecule is CC(=O)c1ccccc1NC(=O)CN1CC(C)(C)O[C@@]2(CCOC2)C1. The van der Waals surface area contributed by atoms with E-state index in [2.05, 4.69) is 10.2 Å². The van der Waals surface area contributed by atoms with Crippen molar-refractivity contribution >= 4 is 17.4 Å². The lowest BCUT2D eigenvalue weighted by Crippen LogP contribution is -2.61. The molecule has 0 saturated carbocycles. The summed E-state index contributed by atoms with van der Waals surface area (Å²) >= 11 is 0. The topological polar surface area (TPSA) is 67.9 Å². The third-order valence-electron chi connectivity index (χ3n) is 4.62. The maximum Gasteiger partial charge on any atom is 0.238 e. The van der Waals surface area contributed by atoms with Crippen LogP contribution in [0.4, 0.5) is 5.69 Å². The summed E-state index contributed by atoms with van der Waals surface area (Å²) in [6, 6.07) is 7.08. The van der Waals surface area contributed by atoms with E-state index in [4.69, 9.17) is 9.47 Å². The first-order valence-electron chi connectivity index (χ1n) is 8.69. The van der Waals surface area contributed by atoms with Crippen LogP contribution in [0.2, 0.25) is 0 Å². The predicted octanol–water partition coefficient (Wildman–Crippen LogP) is 2.10. The molecule has 2 saturated heterocycles. The third-order valence-corrected chi connectivity index (χ3v) is 4.62. The van der Waals surface area contributed by atoms with Gasteiger partial charge in [-0.05, 0) is 32.9 Å². The maximum atomic E-state index is 12.5. The lowest BCUT2D eigenvalue weighted by Gasteiger charge is -2.47. The minimum Gasteiger partial charge on any atom is -0.378 e. The van der Waals surface area contributed by atoms with Gasteiger partial charge in [-0.2, -0.15) is 0 Å². The van der Waals surface area contributed by atoms with Crippen LogP contribution in [-0.4, -0.2) is 60.6 Å². The number of amides is 1. The quantitative estimate of drug-likeness (QED) is 0.846. The predicted molar refractivity (Wildman–Crippen MR) is 94.8 cm³/mol. The Morgan fingerprint density at radius 3 is 2.68 bits per heavy atom. The number of benzene rings is 1. The molecule has 1 spiro atoms. The lowest BCUT2D eigenvalue weighted by atomic mass is 9.95. The van der Waals surface area contributed by atoms with Crippen molar-refractivity contribution < 1.29 is 19.1 Å². The standard InChI is InChI=1S/C19H26N2O4/c1-14(22)15-6-4-5-7-16(15)20-17(23)10-21-11-18(2,3)25-19(12-21)8-9-24-13-19/h4-7H,8-13H2,1-3H3,(H,20,23)/t19-/m0/s1. The van der Waals surface area contributed by atoms with E-state index in [0.29, 0.717) is 37.6 Å². The van der Waals surface area contributed by atoms with E-state index in [9.17, 15) is 9.59 Å². The van der Waals surface area contributed by atoms with Gasteiger partial charge in [0.1, 0.15) is 5.60 Å². The molecule has 0 aromatic heterocycles. The van der Waals surface area contributed by atoms with Crippen molar-refractivity contribution in [2.45, 2.75) is 38.4 Å². The largest absolute Gasteiger partial charge is 0.378 e. The van der Waals surface area contributed by atoms with Crippen molar-refractivity contribution in [2.75, 3.05) is 38.2 Å². The van der Waals surface area contributed by atoms with E-state index in [-0.39, 0.29) is 29.4 Å². The van der Waals surface area contributed by atoms with Crippen LogP contribution >= 0.6 is 0 Å². The van der Waals surface area contributed by atoms with Gasteiger partial charge in [0.15, 0.2) is 5.78 Å². The smallest absolute Gasteiger partial charge is 0.238 e. The van der Waals surface area contributed by atoms with Crippen LogP contribution in [0.1, 0.15) is 37.6 Å². The number of carbonyl (C=O) groups is 2. The van der Waals surface area contributed by atoms with E-state index in [1.54, 1.807) is 18.2 Å². The fraction of sp³-hybridized carbons (Fsp3) is 0.579. The van der Waals surface area contributed by atoms with Crippen molar-refractivity contribution in [3.8, 4) is 0 Å². The van der Waals surface area contributed by atoms with Crippen LogP contribution in [0.5, 0.6) is 0 Å². The van der Waals surface area contributed by atoms with Crippen LogP contribution in [0.25, 0.3) is 0 Å². The number of ether oxygens (including phenoxy) is 2. The highest BCUT2D eigenvalue weighted by molar-refractivity contribution is 6.04. The van der Waals surface area contributed by atoms with Crippen molar-refractivity contribution in [2.24, 2.45) is 0 Å². The fourth-order valence-electron chi connectivity index (χ4n) is 3.85. The summed E-state index contributed by atoms with van der Waals surface area (Å²) in [6.45, 7) is 8.48. The summed E-state index contributed by atoms with van der Waals surface area (Å²) in [5.41, 5.74) is 0.438. The van der Waals surface area contributed by atoms with Crippen molar-refractivity contribution in [3.63, 3.8) is 0 Å². The molecule has 3 rings (SSSR count). The minimum atomic E-state index is -0.330. The Hall–Kier alpha value is -1.76. The van der Waals surface area contributed by atoms with Crippen molar-refractivity contribution in [3.05, 3.63) is 29.8 Å². The van der Waals surface area contributed by atoms with E-state index < -0.39 is 0 Å². The second-order valence-electron chi connectivity index (χ2n) is 7.64. The number of nitrogens with zero attached hydrogens (tertiary/aromatic N) is 1. The van der Waals surface area contributed by atoms with Gasteiger partial charge in [-0.15, -0.1) is 0 Å². The van der Waals surface area contributed by atoms with E-state index in [1.165, 1.54) is 6.92 Å². The molecule has 1 aromatic rings. The molecule has 136 valence electrons. The molecule has 2 heterocycles. The highest BCUT2D eigenvalue weighted by Gasteiger charge is 2.46. The average molecular weight is 346 g/mol. The number of anilines is 1. The Morgan fingerprint density at radius 2 is 2.00 bits per heavy atom. The summed E-state index contributed by atoms with van der Waals surface area (Å²) in [5, 5.41) is 2.87. The molecule has 1 amide bonds. The molecule has 6 nitrogen and oxygen atoms in total. The number of ketones is 1. The molecular weight excluding hydrogens is 320 g/mol. The molecule has 0 unspecified atom stereocenters. The molecule has 25 heavy (non-hydrogen) atoms. The van der Waals surface area contributed by atoms with E-state index in [1.807, 2.05) is 19.9 Å². The number of para-hydroxylation sites is 1. The highest BCUT2D eigenvalue weighted by Crippen LogP contribution is 2.34. The Kier molecular flexibility index (Phi) is 4.95. The van der Waals surface area contributed by atoms with Crippen LogP contribution in [0, 0.1) is 0 Å². The molecule has 1 N–H and O–H groups in total. The molecule has 0 radical (unpaired) electrons. The van der Waals surface area contributed by atoms with Gasteiger partial charge in [-0.1, -0.05) is 12.1 Å². The van der Waals surface area contributed by atoms with Gasteiger partial charge < -0.3 is 14.8 Å². The summed E-state index contributed by atoms with van der Waals surface area (Å²) < 4.78 is 11.8. The molecule has 2 aliphatic rings. The van der Waals surface area contributed by atoms with Crippen molar-refractivity contribution in [1.29, 1.82) is 0 Å². The Morgan fingerprint density at radius 1 is 1.24 bits per heavy atom. The number of hydrogen-bond acceptors (Lipinski definition) is 5. The molecular formula is C19H26N2O4. The monoisotopic (exact) mass is 346 g/mol. The van der Waals surface area contributed by atoms with Crippen LogP contribution < -0.4 is 5.32 Å². The molecule has 0 bridgehead atoms. The van der Waals surface area contributed by atoms with Gasteiger partial charge in [0.25, 0.3) is 0 Å². The van der Waals surface area contributed by atoms with E-state index in [0.717, 1.165) is 6.42 Å². The van der Waals surface area contributed by atoms with Gasteiger partial charge in [0.2, 0.25) is 5.91 Å². The second-order valence-corrected chi connectivity index (χ2v) is 7.64. The Labute approximate surface area is 148 Å². The zero-order chi connectivity index (χ0) is 18.1. The first-order valence-corrected chi connectivity index (χ1v) is 8.69. The number of rotatable bonds is 4. The van der Waals surface area contributed by atoms with Crippen LogP contribution in [0.15, 0.2) is 24.3 Å².